The molecule has 1 N–H and O–H groups in total. The van der Waals surface area contributed by atoms with E-state index in [2.05, 4.69) is 125 Å². The summed E-state index contributed by atoms with van der Waals surface area (Å²) in [4.78, 5) is 3.69. The average Bonchev–Trinajstić information content (AvgIpc) is 3.40. The number of para-hydroxylation sites is 3. The zero-order valence-corrected chi connectivity index (χ0v) is 17.4. The van der Waals surface area contributed by atoms with Gasteiger partial charge in [0.1, 0.15) is 0 Å². The third-order valence-corrected chi connectivity index (χ3v) is 6.50. The average molecular weight is 409 g/mol. The Labute approximate surface area is 185 Å². The first-order valence-electron chi connectivity index (χ1n) is 11.0. The van der Waals surface area contributed by atoms with Crippen LogP contribution in [0.5, 0.6) is 0 Å². The molecule has 150 valence electrons. The van der Waals surface area contributed by atoms with Crippen molar-refractivity contribution in [1.82, 2.24) is 9.55 Å². The molecule has 0 spiro atoms. The minimum absolute atomic E-state index is 1.16. The van der Waals surface area contributed by atoms with Gasteiger partial charge in [-0.25, -0.2) is 0 Å². The van der Waals surface area contributed by atoms with Crippen molar-refractivity contribution in [3.63, 3.8) is 0 Å². The Bertz CT molecular complexity index is 1750. The van der Waals surface area contributed by atoms with Crippen molar-refractivity contribution in [3.8, 4) is 16.8 Å². The van der Waals surface area contributed by atoms with Crippen LogP contribution in [0.3, 0.4) is 0 Å². The molecule has 0 bridgehead atoms. The highest BCUT2D eigenvalue weighted by atomic mass is 15.0. The lowest BCUT2D eigenvalue weighted by atomic mass is 9.97. The van der Waals surface area contributed by atoms with Gasteiger partial charge in [0.2, 0.25) is 0 Å². The van der Waals surface area contributed by atoms with Gasteiger partial charge in [-0.1, -0.05) is 84.9 Å². The van der Waals surface area contributed by atoms with Gasteiger partial charge in [-0.05, 0) is 41.5 Å². The molecule has 0 aliphatic carbocycles. The SMILES string of the molecule is c1ccc(-c2cc3[nH]c4ccccc4c3c3c2c2ccccc2n3-c2ccccc2)cc1. The van der Waals surface area contributed by atoms with Crippen LogP contribution >= 0.6 is 0 Å². The van der Waals surface area contributed by atoms with Gasteiger partial charge in [0.25, 0.3) is 0 Å². The summed E-state index contributed by atoms with van der Waals surface area (Å²) in [5, 5.41) is 5.10. The van der Waals surface area contributed by atoms with Crippen molar-refractivity contribution in [2.24, 2.45) is 0 Å². The van der Waals surface area contributed by atoms with Gasteiger partial charge in [0.05, 0.1) is 11.0 Å². The molecule has 0 fully saturated rings. The van der Waals surface area contributed by atoms with Gasteiger partial charge in [0.15, 0.2) is 0 Å². The molecule has 0 saturated heterocycles. The van der Waals surface area contributed by atoms with E-state index in [1.807, 2.05) is 0 Å². The molecule has 2 heterocycles. The number of H-pyrrole nitrogens is 1. The maximum Gasteiger partial charge on any atom is 0.0647 e. The summed E-state index contributed by atoms with van der Waals surface area (Å²) in [6, 6.07) is 41.1. The second-order valence-corrected chi connectivity index (χ2v) is 8.30. The summed E-state index contributed by atoms with van der Waals surface area (Å²) in [6.07, 6.45) is 0. The molecule has 0 saturated carbocycles. The number of rotatable bonds is 2. The Balaban J connectivity index is 1.82. The number of aromatic amines is 1. The van der Waals surface area contributed by atoms with E-state index in [0.717, 1.165) is 5.52 Å². The van der Waals surface area contributed by atoms with Gasteiger partial charge in [-0.15, -0.1) is 0 Å². The van der Waals surface area contributed by atoms with Gasteiger partial charge in [0, 0.05) is 38.3 Å². The molecular weight excluding hydrogens is 388 g/mol. The van der Waals surface area contributed by atoms with Crippen molar-refractivity contribution in [2.45, 2.75) is 0 Å². The number of fused-ring (bicyclic) bond motifs is 7. The fourth-order valence-corrected chi connectivity index (χ4v) is 5.18. The summed E-state index contributed by atoms with van der Waals surface area (Å²) in [5.41, 5.74) is 8.47. The largest absolute Gasteiger partial charge is 0.354 e. The second kappa shape index (κ2) is 6.60. The van der Waals surface area contributed by atoms with E-state index in [1.54, 1.807) is 0 Å². The molecule has 7 rings (SSSR count). The van der Waals surface area contributed by atoms with Crippen LogP contribution in [0, 0.1) is 0 Å². The van der Waals surface area contributed by atoms with E-state index < -0.39 is 0 Å². The van der Waals surface area contributed by atoms with Crippen LogP contribution in [0.25, 0.3) is 60.4 Å². The molecule has 0 unspecified atom stereocenters. The molecule has 2 heteroatoms. The molecule has 5 aromatic carbocycles. The Kier molecular flexibility index (Phi) is 3.58. The highest BCUT2D eigenvalue weighted by Crippen LogP contribution is 2.44. The molecule has 32 heavy (non-hydrogen) atoms. The molecule has 7 aromatic rings. The van der Waals surface area contributed by atoms with Gasteiger partial charge in [-0.3, -0.25) is 0 Å². The summed E-state index contributed by atoms with van der Waals surface area (Å²) in [5.74, 6) is 0. The van der Waals surface area contributed by atoms with E-state index in [1.165, 1.54) is 54.9 Å². The number of nitrogens with zero attached hydrogens (tertiary/aromatic N) is 1. The minimum atomic E-state index is 1.16. The lowest BCUT2D eigenvalue weighted by molar-refractivity contribution is 1.19. The topological polar surface area (TPSA) is 20.7 Å². The summed E-state index contributed by atoms with van der Waals surface area (Å²) in [7, 11) is 0. The first kappa shape index (κ1) is 17.4. The fourth-order valence-electron chi connectivity index (χ4n) is 5.18. The first-order chi connectivity index (χ1) is 15.9. The molecule has 2 nitrogen and oxygen atoms in total. The standard InChI is InChI=1S/C30H20N2/c1-3-11-20(12-4-1)24-19-26-29(22-15-7-9-17-25(22)31-26)30-28(24)23-16-8-10-18-27(23)32(30)21-13-5-2-6-14-21/h1-19,31H. The predicted octanol–water partition coefficient (Wildman–Crippen LogP) is 8.09. The maximum absolute atomic E-state index is 3.69. The van der Waals surface area contributed by atoms with Crippen LogP contribution < -0.4 is 0 Å². The highest BCUT2D eigenvalue weighted by molar-refractivity contribution is 6.29. The predicted molar refractivity (Wildman–Crippen MR) is 136 cm³/mol. The first-order valence-corrected chi connectivity index (χ1v) is 11.0. The minimum Gasteiger partial charge on any atom is -0.354 e. The number of nitrogens with one attached hydrogen (secondary N) is 1. The normalized spacial score (nSPS) is 11.8. The van der Waals surface area contributed by atoms with Crippen molar-refractivity contribution < 1.29 is 0 Å². The van der Waals surface area contributed by atoms with E-state index in [0.29, 0.717) is 0 Å². The fraction of sp³-hybridized carbons (Fsp3) is 0. The lowest BCUT2D eigenvalue weighted by Gasteiger charge is -2.11. The van der Waals surface area contributed by atoms with Crippen LogP contribution in [0.4, 0.5) is 0 Å². The van der Waals surface area contributed by atoms with Gasteiger partial charge < -0.3 is 9.55 Å². The lowest BCUT2D eigenvalue weighted by Crippen LogP contribution is -1.94. The monoisotopic (exact) mass is 408 g/mol. The Hall–Kier alpha value is -4.30. The van der Waals surface area contributed by atoms with Gasteiger partial charge >= 0.3 is 0 Å². The smallest absolute Gasteiger partial charge is 0.0647 e. The Morgan fingerprint density at radius 3 is 2.00 bits per heavy atom. The molecule has 0 amide bonds. The van der Waals surface area contributed by atoms with Crippen molar-refractivity contribution >= 4 is 43.6 Å². The van der Waals surface area contributed by atoms with Crippen LogP contribution in [0.1, 0.15) is 0 Å². The summed E-state index contributed by atoms with van der Waals surface area (Å²) in [6.45, 7) is 0. The van der Waals surface area contributed by atoms with Crippen LogP contribution in [-0.4, -0.2) is 9.55 Å². The van der Waals surface area contributed by atoms with Crippen molar-refractivity contribution in [2.75, 3.05) is 0 Å². The van der Waals surface area contributed by atoms with Crippen LogP contribution in [0.15, 0.2) is 115 Å². The Morgan fingerprint density at radius 2 is 1.19 bits per heavy atom. The van der Waals surface area contributed by atoms with Crippen LogP contribution in [0.2, 0.25) is 0 Å². The molecule has 2 aromatic heterocycles. The van der Waals surface area contributed by atoms with Crippen molar-refractivity contribution in [1.29, 1.82) is 0 Å². The molecule has 0 aliphatic heterocycles. The molecular formula is C30H20N2. The number of benzene rings is 5. The van der Waals surface area contributed by atoms with Crippen LogP contribution in [-0.2, 0) is 0 Å². The molecule has 0 aliphatic rings. The summed E-state index contributed by atoms with van der Waals surface area (Å²) >= 11 is 0. The van der Waals surface area contributed by atoms with E-state index >= 15 is 0 Å². The third-order valence-electron chi connectivity index (χ3n) is 6.50. The number of hydrogen-bond acceptors (Lipinski definition) is 0. The van der Waals surface area contributed by atoms with Crippen molar-refractivity contribution in [3.05, 3.63) is 115 Å². The zero-order chi connectivity index (χ0) is 21.1. The van der Waals surface area contributed by atoms with E-state index in [4.69, 9.17) is 0 Å². The third kappa shape index (κ3) is 2.35. The number of aromatic nitrogens is 2. The van der Waals surface area contributed by atoms with E-state index in [-0.39, 0.29) is 0 Å². The quantitative estimate of drug-likeness (QED) is 0.298. The van der Waals surface area contributed by atoms with Gasteiger partial charge in [-0.2, -0.15) is 0 Å². The molecule has 0 atom stereocenters. The molecule has 0 radical (unpaired) electrons. The van der Waals surface area contributed by atoms with E-state index in [9.17, 15) is 0 Å². The Morgan fingerprint density at radius 1 is 0.531 bits per heavy atom. The zero-order valence-electron chi connectivity index (χ0n) is 17.4. The highest BCUT2D eigenvalue weighted by Gasteiger charge is 2.21. The number of hydrogen-bond donors (Lipinski definition) is 1. The maximum atomic E-state index is 3.69. The second-order valence-electron chi connectivity index (χ2n) is 8.30. The summed E-state index contributed by atoms with van der Waals surface area (Å²) < 4.78 is 2.43.